The number of anilines is 1. The fourth-order valence-electron chi connectivity index (χ4n) is 2.19. The van der Waals surface area contributed by atoms with Crippen LogP contribution < -0.4 is 11.1 Å². The van der Waals surface area contributed by atoms with Gasteiger partial charge in [-0.1, -0.05) is 24.3 Å². The number of sulfone groups is 1. The predicted molar refractivity (Wildman–Crippen MR) is 95.6 cm³/mol. The maximum absolute atomic E-state index is 12.4. The number of aryl methyl sites for hydroxylation is 2. The molecule has 0 aromatic heterocycles. The van der Waals surface area contributed by atoms with Crippen molar-refractivity contribution in [2.75, 3.05) is 11.1 Å². The third-order valence-electron chi connectivity index (χ3n) is 3.91. The van der Waals surface area contributed by atoms with Crippen LogP contribution in [0.1, 0.15) is 17.5 Å². The first-order valence-electron chi connectivity index (χ1n) is 7.71. The summed E-state index contributed by atoms with van der Waals surface area (Å²) in [5, 5.41) is 2.68. The highest BCUT2D eigenvalue weighted by Gasteiger charge is 2.20. The van der Waals surface area contributed by atoms with Gasteiger partial charge in [0, 0.05) is 5.69 Å². The van der Waals surface area contributed by atoms with E-state index in [0.717, 1.165) is 11.1 Å². The second-order valence-corrected chi connectivity index (χ2v) is 7.92. The van der Waals surface area contributed by atoms with Crippen molar-refractivity contribution in [3.63, 3.8) is 0 Å². The van der Waals surface area contributed by atoms with Crippen LogP contribution in [0.2, 0.25) is 0 Å². The summed E-state index contributed by atoms with van der Waals surface area (Å²) in [6.07, 6.45) is 0.0634. The van der Waals surface area contributed by atoms with Crippen LogP contribution in [0.3, 0.4) is 0 Å². The number of carbonyl (C=O) groups is 1. The van der Waals surface area contributed by atoms with Gasteiger partial charge in [0.05, 0.1) is 16.7 Å². The summed E-state index contributed by atoms with van der Waals surface area (Å²) in [5.74, 6) is -0.560. The van der Waals surface area contributed by atoms with Gasteiger partial charge in [-0.3, -0.25) is 4.79 Å². The molecule has 6 heteroatoms. The molecule has 0 saturated carbocycles. The summed E-state index contributed by atoms with van der Waals surface area (Å²) < 4.78 is 24.8. The molecule has 0 bridgehead atoms. The van der Waals surface area contributed by atoms with Crippen LogP contribution in [0.25, 0.3) is 0 Å². The molecule has 1 amide bonds. The van der Waals surface area contributed by atoms with E-state index in [-0.39, 0.29) is 17.1 Å². The molecular formula is C18H22N2O3S. The average Bonchev–Trinajstić information content (AvgIpc) is 2.56. The third kappa shape index (κ3) is 4.66. The molecule has 0 aliphatic heterocycles. The molecule has 128 valence electrons. The lowest BCUT2D eigenvalue weighted by Crippen LogP contribution is -2.37. The zero-order valence-electron chi connectivity index (χ0n) is 13.8. The predicted octanol–water partition coefficient (Wildman–Crippen LogP) is 2.43. The van der Waals surface area contributed by atoms with Crippen molar-refractivity contribution in [1.82, 2.24) is 0 Å². The molecule has 5 nitrogen and oxygen atoms in total. The Bertz CT molecular complexity index is 817. The number of hydrogen-bond donors (Lipinski definition) is 2. The number of amides is 1. The fraction of sp³-hybridized carbons (Fsp3) is 0.278. The van der Waals surface area contributed by atoms with E-state index in [1.807, 2.05) is 19.9 Å². The number of nitrogens with two attached hydrogens (primary N) is 1. The first kappa shape index (κ1) is 18.2. The van der Waals surface area contributed by atoms with Crippen molar-refractivity contribution >= 4 is 21.4 Å². The summed E-state index contributed by atoms with van der Waals surface area (Å²) >= 11 is 0. The number of carbonyl (C=O) groups excluding carboxylic acids is 1. The largest absolute Gasteiger partial charge is 0.325 e. The Kier molecular flexibility index (Phi) is 5.75. The number of para-hydroxylation sites is 1. The maximum Gasteiger partial charge on any atom is 0.241 e. The van der Waals surface area contributed by atoms with E-state index in [1.54, 1.807) is 42.5 Å². The summed E-state index contributed by atoms with van der Waals surface area (Å²) in [7, 11) is -3.46. The van der Waals surface area contributed by atoms with Crippen LogP contribution in [0.4, 0.5) is 5.69 Å². The SMILES string of the molecule is Cc1ccc(S(=O)(=O)CCC(N)C(=O)Nc2ccccc2)cc1C. The standard InChI is InChI=1S/C18H22N2O3S/c1-13-8-9-16(12-14(13)2)24(22,23)11-10-17(19)18(21)20-15-6-4-3-5-7-15/h3-9,12,17H,10-11,19H2,1-2H3,(H,20,21). The van der Waals surface area contributed by atoms with E-state index >= 15 is 0 Å². The summed E-state index contributed by atoms with van der Waals surface area (Å²) in [5.41, 5.74) is 8.42. The van der Waals surface area contributed by atoms with Crippen LogP contribution in [0.15, 0.2) is 53.4 Å². The van der Waals surface area contributed by atoms with Crippen LogP contribution in [0, 0.1) is 13.8 Å². The van der Waals surface area contributed by atoms with Crippen molar-refractivity contribution in [3.05, 3.63) is 59.7 Å². The van der Waals surface area contributed by atoms with E-state index < -0.39 is 21.8 Å². The lowest BCUT2D eigenvalue weighted by molar-refractivity contribution is -0.117. The Morgan fingerprint density at radius 2 is 1.75 bits per heavy atom. The molecule has 0 aliphatic rings. The molecular weight excluding hydrogens is 324 g/mol. The smallest absolute Gasteiger partial charge is 0.241 e. The van der Waals surface area contributed by atoms with Crippen LogP contribution in [-0.4, -0.2) is 26.1 Å². The molecule has 0 spiro atoms. The molecule has 0 fully saturated rings. The first-order chi connectivity index (χ1) is 11.3. The molecule has 0 radical (unpaired) electrons. The Labute approximate surface area is 142 Å². The van der Waals surface area contributed by atoms with E-state index in [1.165, 1.54) is 0 Å². The summed E-state index contributed by atoms with van der Waals surface area (Å²) in [6.45, 7) is 3.79. The monoisotopic (exact) mass is 346 g/mol. The third-order valence-corrected chi connectivity index (χ3v) is 5.66. The zero-order chi connectivity index (χ0) is 17.7. The summed E-state index contributed by atoms with van der Waals surface area (Å²) in [4.78, 5) is 12.3. The second kappa shape index (κ2) is 7.59. The number of nitrogens with one attached hydrogen (secondary N) is 1. The average molecular weight is 346 g/mol. The van der Waals surface area contributed by atoms with Gasteiger partial charge >= 0.3 is 0 Å². The van der Waals surface area contributed by atoms with Gasteiger partial charge in [0.15, 0.2) is 9.84 Å². The van der Waals surface area contributed by atoms with Gasteiger partial charge in [-0.05, 0) is 55.7 Å². The van der Waals surface area contributed by atoms with Crippen molar-refractivity contribution < 1.29 is 13.2 Å². The second-order valence-electron chi connectivity index (χ2n) is 5.82. The summed E-state index contributed by atoms with van der Waals surface area (Å²) in [6, 6.07) is 13.1. The van der Waals surface area contributed by atoms with Gasteiger partial charge in [0.25, 0.3) is 0 Å². The first-order valence-corrected chi connectivity index (χ1v) is 9.36. The molecule has 0 aliphatic carbocycles. The molecule has 0 heterocycles. The molecule has 0 saturated heterocycles. The minimum absolute atomic E-state index is 0.0634. The molecule has 1 unspecified atom stereocenters. The Morgan fingerprint density at radius 1 is 1.08 bits per heavy atom. The van der Waals surface area contributed by atoms with E-state index in [4.69, 9.17) is 5.73 Å². The normalized spacial score (nSPS) is 12.6. The molecule has 2 rings (SSSR count). The van der Waals surface area contributed by atoms with Gasteiger partial charge < -0.3 is 11.1 Å². The Balaban J connectivity index is 1.98. The van der Waals surface area contributed by atoms with Crippen LogP contribution in [-0.2, 0) is 14.6 Å². The van der Waals surface area contributed by atoms with Crippen LogP contribution in [0.5, 0.6) is 0 Å². The van der Waals surface area contributed by atoms with Crippen molar-refractivity contribution in [2.24, 2.45) is 5.73 Å². The van der Waals surface area contributed by atoms with E-state index in [0.29, 0.717) is 5.69 Å². The molecule has 2 aromatic carbocycles. The van der Waals surface area contributed by atoms with E-state index in [9.17, 15) is 13.2 Å². The quantitative estimate of drug-likeness (QED) is 0.841. The van der Waals surface area contributed by atoms with Crippen LogP contribution >= 0.6 is 0 Å². The number of benzene rings is 2. The highest BCUT2D eigenvalue weighted by atomic mass is 32.2. The minimum atomic E-state index is -3.46. The van der Waals surface area contributed by atoms with Gasteiger partial charge in [-0.25, -0.2) is 8.42 Å². The van der Waals surface area contributed by atoms with Crippen molar-refractivity contribution in [3.8, 4) is 0 Å². The Hall–Kier alpha value is -2.18. The number of hydrogen-bond acceptors (Lipinski definition) is 4. The molecule has 2 aromatic rings. The lowest BCUT2D eigenvalue weighted by atomic mass is 10.1. The highest BCUT2D eigenvalue weighted by molar-refractivity contribution is 7.91. The van der Waals surface area contributed by atoms with Crippen molar-refractivity contribution in [1.29, 1.82) is 0 Å². The molecule has 1 atom stereocenters. The van der Waals surface area contributed by atoms with E-state index in [2.05, 4.69) is 5.32 Å². The lowest BCUT2D eigenvalue weighted by Gasteiger charge is -2.13. The van der Waals surface area contributed by atoms with Crippen molar-refractivity contribution in [2.45, 2.75) is 31.2 Å². The van der Waals surface area contributed by atoms with Gasteiger partial charge in [-0.2, -0.15) is 0 Å². The Morgan fingerprint density at radius 3 is 2.38 bits per heavy atom. The number of rotatable bonds is 6. The molecule has 3 N–H and O–H groups in total. The highest BCUT2D eigenvalue weighted by Crippen LogP contribution is 2.17. The molecule has 24 heavy (non-hydrogen) atoms. The fourth-order valence-corrected chi connectivity index (χ4v) is 3.63. The van der Waals surface area contributed by atoms with Gasteiger partial charge in [0.1, 0.15) is 0 Å². The topological polar surface area (TPSA) is 89.3 Å². The van der Waals surface area contributed by atoms with Gasteiger partial charge in [-0.15, -0.1) is 0 Å². The van der Waals surface area contributed by atoms with Gasteiger partial charge in [0.2, 0.25) is 5.91 Å². The zero-order valence-corrected chi connectivity index (χ0v) is 14.6. The minimum Gasteiger partial charge on any atom is -0.325 e. The maximum atomic E-state index is 12.4.